The van der Waals surface area contributed by atoms with Gasteiger partial charge in [0, 0.05) is 27.9 Å². The van der Waals surface area contributed by atoms with E-state index >= 15 is 0 Å². The molecule has 0 atom stereocenters. The first-order chi connectivity index (χ1) is 13.9. The summed E-state index contributed by atoms with van der Waals surface area (Å²) < 4.78 is 7.86. The van der Waals surface area contributed by atoms with Gasteiger partial charge in [-0.15, -0.1) is 0 Å². The van der Waals surface area contributed by atoms with E-state index in [9.17, 15) is 0 Å². The second-order valence-corrected chi connectivity index (χ2v) is 6.95. The van der Waals surface area contributed by atoms with Crippen LogP contribution in [0.3, 0.4) is 0 Å². The maximum atomic E-state index is 5.63. The molecule has 0 spiro atoms. The smallest absolute Gasteiger partial charge is 0.137 e. The minimum atomic E-state index is 0.905. The van der Waals surface area contributed by atoms with Crippen molar-refractivity contribution in [2.24, 2.45) is 0 Å². The third-order valence-electron chi connectivity index (χ3n) is 5.33. The van der Waals surface area contributed by atoms with Gasteiger partial charge in [0.2, 0.25) is 0 Å². The lowest BCUT2D eigenvalue weighted by molar-refractivity contribution is 0.616. The van der Waals surface area contributed by atoms with Crippen LogP contribution in [0.1, 0.15) is 0 Å². The molecule has 28 heavy (non-hydrogen) atoms. The number of pyridine rings is 1. The highest BCUT2D eigenvalue weighted by Crippen LogP contribution is 2.34. The fourth-order valence-electron chi connectivity index (χ4n) is 3.99. The lowest BCUT2D eigenvalue weighted by Gasteiger charge is -2.08. The van der Waals surface area contributed by atoms with Crippen molar-refractivity contribution in [3.05, 3.63) is 97.4 Å². The number of nitrogens with zero attached hydrogens (tertiary/aromatic N) is 2. The number of fused-ring (bicyclic) bond motifs is 4. The van der Waals surface area contributed by atoms with Crippen molar-refractivity contribution in [2.45, 2.75) is 0 Å². The summed E-state index contributed by atoms with van der Waals surface area (Å²) in [4.78, 5) is 4.81. The molecule has 0 N–H and O–H groups in total. The van der Waals surface area contributed by atoms with Crippen molar-refractivity contribution in [2.75, 3.05) is 0 Å². The first-order valence-electron chi connectivity index (χ1n) is 9.31. The quantitative estimate of drug-likeness (QED) is 0.349. The van der Waals surface area contributed by atoms with Gasteiger partial charge >= 0.3 is 0 Å². The monoisotopic (exact) mass is 360 g/mol. The summed E-state index contributed by atoms with van der Waals surface area (Å²) in [7, 11) is 0. The van der Waals surface area contributed by atoms with Gasteiger partial charge in [0.25, 0.3) is 0 Å². The summed E-state index contributed by atoms with van der Waals surface area (Å²) in [6.07, 6.45) is 3.69. The van der Waals surface area contributed by atoms with E-state index < -0.39 is 0 Å². The molecule has 3 heteroatoms. The number of rotatable bonds is 2. The molecule has 0 saturated heterocycles. The maximum Gasteiger partial charge on any atom is 0.137 e. The van der Waals surface area contributed by atoms with Crippen molar-refractivity contribution in [1.82, 2.24) is 9.55 Å². The third kappa shape index (κ3) is 2.20. The van der Waals surface area contributed by atoms with Crippen LogP contribution in [0.2, 0.25) is 0 Å². The Balaban J connectivity index is 1.62. The van der Waals surface area contributed by atoms with Crippen molar-refractivity contribution in [3.8, 4) is 16.9 Å². The summed E-state index contributed by atoms with van der Waals surface area (Å²) in [6.45, 7) is 0. The third-order valence-corrected chi connectivity index (χ3v) is 5.33. The van der Waals surface area contributed by atoms with Crippen LogP contribution in [0.25, 0.3) is 49.7 Å². The Morgan fingerprint density at radius 2 is 1.54 bits per heavy atom. The highest BCUT2D eigenvalue weighted by molar-refractivity contribution is 6.12. The Kier molecular flexibility index (Phi) is 3.17. The number of hydrogen-bond donors (Lipinski definition) is 0. The van der Waals surface area contributed by atoms with Gasteiger partial charge < -0.3 is 4.42 Å². The van der Waals surface area contributed by atoms with Gasteiger partial charge in [-0.2, -0.15) is 0 Å². The van der Waals surface area contributed by atoms with Crippen LogP contribution in [-0.4, -0.2) is 9.55 Å². The topological polar surface area (TPSA) is 31.0 Å². The number of aromatic nitrogens is 2. The highest BCUT2D eigenvalue weighted by Gasteiger charge is 2.14. The lowest BCUT2D eigenvalue weighted by Crippen LogP contribution is -1.97. The van der Waals surface area contributed by atoms with E-state index in [0.717, 1.165) is 33.4 Å². The van der Waals surface area contributed by atoms with E-state index in [0.29, 0.717) is 0 Å². The normalized spacial score (nSPS) is 11.6. The summed E-state index contributed by atoms with van der Waals surface area (Å²) in [6, 6.07) is 29.3. The molecular formula is C25H16N2O. The van der Waals surface area contributed by atoms with Gasteiger partial charge in [-0.1, -0.05) is 48.5 Å². The van der Waals surface area contributed by atoms with E-state index in [1.165, 1.54) is 16.3 Å². The van der Waals surface area contributed by atoms with Crippen LogP contribution in [0, 0.1) is 0 Å². The first-order valence-corrected chi connectivity index (χ1v) is 9.31. The van der Waals surface area contributed by atoms with Gasteiger partial charge in [-0.3, -0.25) is 4.57 Å². The number of benzene rings is 3. The van der Waals surface area contributed by atoms with Gasteiger partial charge in [-0.05, 0) is 42.0 Å². The van der Waals surface area contributed by atoms with Gasteiger partial charge in [0.05, 0.1) is 17.3 Å². The van der Waals surface area contributed by atoms with E-state index in [2.05, 4.69) is 65.2 Å². The standard InChI is InChI=1S/C25H16N2O/c1-2-6-17(7-3-1)19-10-11-25(26-16-19)27-22-9-5-4-8-20(22)21-15-24-18(12-13-28-24)14-23(21)27/h1-16H. The van der Waals surface area contributed by atoms with Crippen molar-refractivity contribution in [1.29, 1.82) is 0 Å². The largest absolute Gasteiger partial charge is 0.464 e. The van der Waals surface area contributed by atoms with E-state index in [1.807, 2.05) is 30.5 Å². The van der Waals surface area contributed by atoms with Gasteiger partial charge in [-0.25, -0.2) is 4.98 Å². The molecule has 0 radical (unpaired) electrons. The molecule has 3 heterocycles. The Labute approximate surface area is 161 Å². The van der Waals surface area contributed by atoms with E-state index in [1.54, 1.807) is 6.26 Å². The minimum Gasteiger partial charge on any atom is -0.464 e. The molecule has 0 aliphatic carbocycles. The molecule has 132 valence electrons. The number of para-hydroxylation sites is 1. The molecule has 3 aromatic heterocycles. The maximum absolute atomic E-state index is 5.63. The fourth-order valence-corrected chi connectivity index (χ4v) is 3.99. The highest BCUT2D eigenvalue weighted by atomic mass is 16.3. The second-order valence-electron chi connectivity index (χ2n) is 6.95. The van der Waals surface area contributed by atoms with E-state index in [-0.39, 0.29) is 0 Å². The minimum absolute atomic E-state index is 0.905. The molecule has 0 amide bonds. The molecular weight excluding hydrogens is 344 g/mol. The Bertz CT molecular complexity index is 1440. The van der Waals surface area contributed by atoms with Crippen LogP contribution in [0.4, 0.5) is 0 Å². The van der Waals surface area contributed by atoms with Crippen molar-refractivity contribution in [3.63, 3.8) is 0 Å². The van der Waals surface area contributed by atoms with Crippen molar-refractivity contribution < 1.29 is 4.42 Å². The molecule has 0 aliphatic heterocycles. The van der Waals surface area contributed by atoms with Crippen LogP contribution >= 0.6 is 0 Å². The number of hydrogen-bond acceptors (Lipinski definition) is 2. The zero-order chi connectivity index (χ0) is 18.5. The van der Waals surface area contributed by atoms with E-state index in [4.69, 9.17) is 9.40 Å². The molecule has 0 saturated carbocycles. The predicted molar refractivity (Wildman–Crippen MR) is 114 cm³/mol. The zero-order valence-corrected chi connectivity index (χ0v) is 15.0. The summed E-state index contributed by atoms with van der Waals surface area (Å²) in [5, 5.41) is 3.47. The van der Waals surface area contributed by atoms with Crippen LogP contribution in [0.15, 0.2) is 102 Å². The number of furan rings is 1. The molecule has 0 aliphatic rings. The van der Waals surface area contributed by atoms with Crippen LogP contribution < -0.4 is 0 Å². The summed E-state index contributed by atoms with van der Waals surface area (Å²) >= 11 is 0. The van der Waals surface area contributed by atoms with Crippen LogP contribution in [0.5, 0.6) is 0 Å². The fraction of sp³-hybridized carbons (Fsp3) is 0. The van der Waals surface area contributed by atoms with Gasteiger partial charge in [0.1, 0.15) is 11.4 Å². The molecule has 6 rings (SSSR count). The Hall–Kier alpha value is -3.85. The molecule has 6 aromatic rings. The summed E-state index contributed by atoms with van der Waals surface area (Å²) in [5.41, 5.74) is 5.47. The Morgan fingerprint density at radius 1 is 0.679 bits per heavy atom. The molecule has 3 nitrogen and oxygen atoms in total. The summed E-state index contributed by atoms with van der Waals surface area (Å²) in [5.74, 6) is 0.911. The molecule has 0 fully saturated rings. The average Bonchev–Trinajstić information content (AvgIpc) is 3.35. The second kappa shape index (κ2) is 5.83. The average molecular weight is 360 g/mol. The predicted octanol–water partition coefficient (Wildman–Crippen LogP) is 6.59. The Morgan fingerprint density at radius 3 is 2.39 bits per heavy atom. The SMILES string of the molecule is c1ccc(-c2ccc(-n3c4ccccc4c4cc5occc5cc43)nc2)cc1. The van der Waals surface area contributed by atoms with Gasteiger partial charge in [0.15, 0.2) is 0 Å². The first kappa shape index (κ1) is 15.2. The van der Waals surface area contributed by atoms with Crippen LogP contribution in [-0.2, 0) is 0 Å². The molecule has 0 bridgehead atoms. The van der Waals surface area contributed by atoms with Crippen molar-refractivity contribution >= 4 is 32.8 Å². The lowest BCUT2D eigenvalue weighted by atomic mass is 10.1. The molecule has 3 aromatic carbocycles. The molecule has 0 unspecified atom stereocenters. The zero-order valence-electron chi connectivity index (χ0n) is 15.0.